The number of halogens is 2. The highest BCUT2D eigenvalue weighted by molar-refractivity contribution is 5.98. The van der Waals surface area contributed by atoms with Crippen LogP contribution in [0.3, 0.4) is 0 Å². The number of benzene rings is 2. The highest BCUT2D eigenvalue weighted by atomic mass is 19.2. The summed E-state index contributed by atoms with van der Waals surface area (Å²) >= 11 is 0. The van der Waals surface area contributed by atoms with E-state index >= 15 is 0 Å². The predicted molar refractivity (Wildman–Crippen MR) is 205 cm³/mol. The van der Waals surface area contributed by atoms with Gasteiger partial charge in [0.1, 0.15) is 29.8 Å². The minimum atomic E-state index is -1.87. The maximum atomic E-state index is 13.5. The molecule has 0 saturated carbocycles. The zero-order valence-electron chi connectivity index (χ0n) is 33.4. The molecule has 0 heterocycles. The average molecular weight is 849 g/mol. The number of carbonyl (C=O) groups is 9. The molecule has 2 aromatic rings. The third kappa shape index (κ3) is 17.9. The molecule has 0 spiro atoms. The Kier molecular flexibility index (Phi) is 19.5. The molecule has 0 bridgehead atoms. The molecule has 9 N–H and O–H groups in total. The zero-order valence-corrected chi connectivity index (χ0v) is 33.4. The van der Waals surface area contributed by atoms with Gasteiger partial charge in [0.25, 0.3) is 5.91 Å². The molecule has 0 aromatic heterocycles. The Morgan fingerprint density at radius 2 is 1.42 bits per heavy atom. The quantitative estimate of drug-likeness (QED) is 0.0585. The number of hydrogen-bond acceptors (Lipinski definition) is 11. The summed E-state index contributed by atoms with van der Waals surface area (Å²) in [6.45, 7) is 6.13. The lowest BCUT2D eigenvalue weighted by molar-refractivity contribution is -0.166. The number of ether oxygens (including phenoxy) is 2. The largest absolute Gasteiger partial charge is 0.480 e. The molecule has 21 heteroatoms. The fraction of sp³-hybridized carbons (Fsp3) is 0.462. The number of unbranched alkanes of at least 4 members (excludes halogenated alkanes) is 1. The van der Waals surface area contributed by atoms with E-state index < -0.39 is 114 Å². The zero-order chi connectivity index (χ0) is 45.2. The molecule has 328 valence electrons. The number of hydrogen-bond donors (Lipinski definition) is 8. The number of rotatable bonds is 23. The van der Waals surface area contributed by atoms with Crippen LogP contribution in [0, 0.1) is 11.6 Å². The smallest absolute Gasteiger partial charge is 0.408 e. The van der Waals surface area contributed by atoms with Gasteiger partial charge in [-0.05, 0) is 77.1 Å². The van der Waals surface area contributed by atoms with Crippen LogP contribution in [-0.4, -0.2) is 100 Å². The Morgan fingerprint density at radius 1 is 0.750 bits per heavy atom. The number of carboxylic acids is 2. The predicted octanol–water partition coefficient (Wildman–Crippen LogP) is 1.73. The number of carboxylic acid groups (broad SMARTS) is 2. The van der Waals surface area contributed by atoms with Crippen LogP contribution in [0.2, 0.25) is 0 Å². The van der Waals surface area contributed by atoms with E-state index in [1.54, 1.807) is 39.0 Å². The fourth-order valence-electron chi connectivity index (χ4n) is 5.26. The van der Waals surface area contributed by atoms with Gasteiger partial charge in [-0.15, -0.1) is 0 Å². The molecule has 60 heavy (non-hydrogen) atoms. The lowest BCUT2D eigenvalue weighted by atomic mass is 10.0. The third-order valence-electron chi connectivity index (χ3n) is 8.31. The second kappa shape index (κ2) is 23.7. The van der Waals surface area contributed by atoms with Crippen molar-refractivity contribution in [1.29, 1.82) is 0 Å². The van der Waals surface area contributed by atoms with Crippen molar-refractivity contribution < 1.29 is 71.6 Å². The molecule has 0 aliphatic heterocycles. The van der Waals surface area contributed by atoms with Gasteiger partial charge < -0.3 is 52.0 Å². The van der Waals surface area contributed by atoms with Gasteiger partial charge in [0.2, 0.25) is 29.7 Å². The number of carbonyl (C=O) groups excluding carboxylic acids is 7. The first-order valence-electron chi connectivity index (χ1n) is 18.7. The molecule has 2 aromatic carbocycles. The highest BCUT2D eigenvalue weighted by Gasteiger charge is 2.36. The molecule has 0 aliphatic rings. The molecule has 0 fully saturated rings. The van der Waals surface area contributed by atoms with Gasteiger partial charge in [0, 0.05) is 24.9 Å². The monoisotopic (exact) mass is 848 g/mol. The summed E-state index contributed by atoms with van der Waals surface area (Å²) in [5.41, 5.74) is 4.48. The van der Waals surface area contributed by atoms with Crippen LogP contribution in [0.5, 0.6) is 0 Å². The first kappa shape index (κ1) is 49.5. The average Bonchev–Trinajstić information content (AvgIpc) is 3.16. The van der Waals surface area contributed by atoms with Crippen molar-refractivity contribution >= 4 is 53.5 Å². The molecule has 0 aliphatic carbocycles. The number of nitrogens with two attached hydrogens (primary N) is 1. The molecule has 5 atom stereocenters. The van der Waals surface area contributed by atoms with Crippen LogP contribution in [-0.2, 0) is 43.0 Å². The van der Waals surface area contributed by atoms with E-state index in [4.69, 9.17) is 15.2 Å². The summed E-state index contributed by atoms with van der Waals surface area (Å²) in [6, 6.07) is 4.90. The minimum absolute atomic E-state index is 0.0570. The molecular weight excluding hydrogens is 798 g/mol. The van der Waals surface area contributed by atoms with Crippen LogP contribution >= 0.6 is 0 Å². The van der Waals surface area contributed by atoms with E-state index in [0.29, 0.717) is 11.6 Å². The molecule has 2 rings (SSSR count). The van der Waals surface area contributed by atoms with Crippen molar-refractivity contribution in [3.63, 3.8) is 0 Å². The van der Waals surface area contributed by atoms with Gasteiger partial charge in [-0.25, -0.2) is 23.2 Å². The van der Waals surface area contributed by atoms with Crippen molar-refractivity contribution in [2.45, 2.75) is 109 Å². The molecule has 0 saturated heterocycles. The molecule has 6 amide bonds. The standard InChI is InChI=1S/C39H50F2N6O13/c1-21(44-35(53)23-13-14-24(40)25(41)20-23)34(52)46-26(33(42)51)15-16-29(49)45-27(36(54)55)12-8-9-19-43-28(48)17-18-30(50)59-32(37(56)57)31(22-10-6-5-7-11-22)47-38(58)60-39(2,3)4/h5-7,10-11,13-14,20-21,26-27,31-32H,8-9,12,15-19H2,1-4H3,(H2,42,51)(H,43,48)(H,44,53)(H,45,49)(H,46,52)(H,47,58)(H,54,55)(H,56,57)/t21-,26+,27-,31-,32+/m0/s1. The van der Waals surface area contributed by atoms with Gasteiger partial charge in [0.15, 0.2) is 11.6 Å². The molecule has 19 nitrogen and oxygen atoms in total. The van der Waals surface area contributed by atoms with Crippen molar-refractivity contribution in [3.05, 3.63) is 71.3 Å². The van der Waals surface area contributed by atoms with Gasteiger partial charge in [-0.1, -0.05) is 30.3 Å². The highest BCUT2D eigenvalue weighted by Crippen LogP contribution is 2.22. The van der Waals surface area contributed by atoms with Gasteiger partial charge in [0.05, 0.1) is 6.42 Å². The van der Waals surface area contributed by atoms with E-state index in [2.05, 4.69) is 26.6 Å². The Labute approximate surface area is 343 Å². The number of nitrogens with one attached hydrogen (secondary N) is 5. The number of alkyl carbamates (subject to hydrolysis) is 1. The van der Waals surface area contributed by atoms with E-state index in [-0.39, 0.29) is 44.2 Å². The van der Waals surface area contributed by atoms with Gasteiger partial charge in [-0.2, -0.15) is 0 Å². The summed E-state index contributed by atoms with van der Waals surface area (Å²) in [7, 11) is 0. The summed E-state index contributed by atoms with van der Waals surface area (Å²) in [5.74, 6) is -10.6. The first-order valence-corrected chi connectivity index (χ1v) is 18.7. The van der Waals surface area contributed by atoms with Crippen LogP contribution in [0.1, 0.15) is 94.6 Å². The summed E-state index contributed by atoms with van der Waals surface area (Å²) < 4.78 is 37.1. The van der Waals surface area contributed by atoms with Crippen molar-refractivity contribution in [2.75, 3.05) is 6.54 Å². The Hall–Kier alpha value is -6.67. The minimum Gasteiger partial charge on any atom is -0.480 e. The second-order valence-corrected chi connectivity index (χ2v) is 14.4. The van der Waals surface area contributed by atoms with Crippen molar-refractivity contribution in [2.24, 2.45) is 5.73 Å². The second-order valence-electron chi connectivity index (χ2n) is 14.4. The van der Waals surface area contributed by atoms with Crippen molar-refractivity contribution in [3.8, 4) is 0 Å². The van der Waals surface area contributed by atoms with E-state index in [1.807, 2.05) is 0 Å². The summed E-state index contributed by atoms with van der Waals surface area (Å²) in [6.07, 6.45) is -4.09. The lowest BCUT2D eigenvalue weighted by Gasteiger charge is -2.27. The molecule has 0 radical (unpaired) electrons. The summed E-state index contributed by atoms with van der Waals surface area (Å²) in [5, 5.41) is 31.3. The topological polar surface area (TPSA) is 299 Å². The SMILES string of the molecule is C[C@H](NC(=O)c1ccc(F)c(F)c1)C(=O)N[C@H](CCC(=O)N[C@@H](CCCCNC(=O)CCC(=O)O[C@@H](C(=O)O)[C@@H](NC(=O)OC(C)(C)C)c1ccccc1)C(=O)O)C(N)=O. The van der Waals surface area contributed by atoms with Gasteiger partial charge in [-0.3, -0.25) is 28.8 Å². The summed E-state index contributed by atoms with van der Waals surface area (Å²) in [4.78, 5) is 111. The normalized spacial score (nSPS) is 13.5. The van der Waals surface area contributed by atoms with E-state index in [0.717, 1.165) is 12.1 Å². The van der Waals surface area contributed by atoms with E-state index in [9.17, 15) is 62.1 Å². The molecular formula is C39H50F2N6O13. The van der Waals surface area contributed by atoms with Crippen LogP contribution in [0.25, 0.3) is 0 Å². The molecule has 0 unspecified atom stereocenters. The van der Waals surface area contributed by atoms with E-state index in [1.165, 1.54) is 19.1 Å². The number of amides is 6. The lowest BCUT2D eigenvalue weighted by Crippen LogP contribution is -2.52. The first-order chi connectivity index (χ1) is 28.1. The fourth-order valence-corrected chi connectivity index (χ4v) is 5.26. The Bertz CT molecular complexity index is 1880. The van der Waals surface area contributed by atoms with Crippen LogP contribution in [0.15, 0.2) is 48.5 Å². The van der Waals surface area contributed by atoms with Crippen molar-refractivity contribution in [1.82, 2.24) is 26.6 Å². The Balaban J connectivity index is 1.79. The number of primary amides is 1. The Morgan fingerprint density at radius 3 is 2.00 bits per heavy atom. The third-order valence-corrected chi connectivity index (χ3v) is 8.31. The number of aliphatic carboxylic acids is 2. The van der Waals surface area contributed by atoms with Crippen LogP contribution < -0.4 is 32.3 Å². The number of esters is 1. The maximum absolute atomic E-state index is 13.5. The van der Waals surface area contributed by atoms with Crippen LogP contribution in [0.4, 0.5) is 13.6 Å². The maximum Gasteiger partial charge on any atom is 0.408 e. The van der Waals surface area contributed by atoms with Gasteiger partial charge >= 0.3 is 24.0 Å².